The standard InChI is InChI=1S/C19H26N2O3S/c1-24-9-8-21-15-7-6-13(18(21)22)10-20(11-15)19(23)17-16-5-3-2-4-14(16)12-25-17/h12-13,15H,2-11H2,1H3/t13-,15+/m1/s1. The molecule has 0 N–H and O–H groups in total. The molecular weight excluding hydrogens is 336 g/mol. The first-order valence-electron chi connectivity index (χ1n) is 9.37. The van der Waals surface area contributed by atoms with Crippen molar-refractivity contribution in [2.45, 2.75) is 44.6 Å². The smallest absolute Gasteiger partial charge is 0.264 e. The zero-order valence-corrected chi connectivity index (χ0v) is 15.6. The van der Waals surface area contributed by atoms with E-state index in [9.17, 15) is 9.59 Å². The normalized spacial score (nSPS) is 25.9. The SMILES string of the molecule is COCCN1C(=O)[C@@H]2CC[C@H]1CN(C(=O)c1scc3c1CCCC3)C2. The molecule has 5 rings (SSSR count). The molecule has 5 nitrogen and oxygen atoms in total. The van der Waals surface area contributed by atoms with Crippen LogP contribution in [0.25, 0.3) is 0 Å². The lowest BCUT2D eigenvalue weighted by molar-refractivity contribution is -0.140. The number of carbonyl (C=O) groups excluding carboxylic acids is 2. The number of piperidine rings is 1. The highest BCUT2D eigenvalue weighted by Crippen LogP contribution is 2.34. The molecule has 3 aliphatic heterocycles. The van der Waals surface area contributed by atoms with E-state index in [1.807, 2.05) is 9.80 Å². The van der Waals surface area contributed by atoms with E-state index in [1.54, 1.807) is 18.4 Å². The first-order valence-corrected chi connectivity index (χ1v) is 10.2. The quantitative estimate of drug-likeness (QED) is 0.826. The lowest BCUT2D eigenvalue weighted by Crippen LogP contribution is -2.49. The molecule has 4 heterocycles. The molecule has 2 atom stereocenters. The highest BCUT2D eigenvalue weighted by Gasteiger charge is 2.42. The molecule has 1 aromatic heterocycles. The Morgan fingerprint density at radius 3 is 2.96 bits per heavy atom. The Hall–Kier alpha value is -1.40. The fourth-order valence-corrected chi connectivity index (χ4v) is 5.66. The minimum atomic E-state index is -0.0460. The summed E-state index contributed by atoms with van der Waals surface area (Å²) in [7, 11) is 1.66. The van der Waals surface area contributed by atoms with Gasteiger partial charge in [-0.15, -0.1) is 11.3 Å². The lowest BCUT2D eigenvalue weighted by atomic mass is 9.93. The summed E-state index contributed by atoms with van der Waals surface area (Å²) >= 11 is 1.60. The number of ether oxygens (including phenoxy) is 1. The van der Waals surface area contributed by atoms with Crippen molar-refractivity contribution in [3.05, 3.63) is 21.4 Å². The van der Waals surface area contributed by atoms with Crippen LogP contribution in [0.15, 0.2) is 5.38 Å². The van der Waals surface area contributed by atoms with Gasteiger partial charge >= 0.3 is 0 Å². The van der Waals surface area contributed by atoms with Gasteiger partial charge in [-0.1, -0.05) is 0 Å². The average molecular weight is 362 g/mol. The minimum absolute atomic E-state index is 0.0460. The van der Waals surface area contributed by atoms with Crippen molar-refractivity contribution in [3.8, 4) is 0 Å². The van der Waals surface area contributed by atoms with Crippen molar-refractivity contribution >= 4 is 23.2 Å². The first-order chi connectivity index (χ1) is 12.2. The summed E-state index contributed by atoms with van der Waals surface area (Å²) in [4.78, 5) is 30.8. The van der Waals surface area contributed by atoms with Crippen molar-refractivity contribution in [1.82, 2.24) is 9.80 Å². The second-order valence-corrected chi connectivity index (χ2v) is 8.32. The van der Waals surface area contributed by atoms with Crippen LogP contribution in [-0.4, -0.2) is 61.0 Å². The van der Waals surface area contributed by atoms with E-state index in [-0.39, 0.29) is 23.8 Å². The summed E-state index contributed by atoms with van der Waals surface area (Å²) in [6.45, 7) is 2.43. The minimum Gasteiger partial charge on any atom is -0.383 e. The molecule has 0 unspecified atom stereocenters. The number of thiophene rings is 1. The lowest BCUT2D eigenvalue weighted by Gasteiger charge is -2.35. The number of nitrogens with zero attached hydrogens (tertiary/aromatic N) is 2. The Morgan fingerprint density at radius 2 is 2.12 bits per heavy atom. The molecule has 0 radical (unpaired) electrons. The number of amides is 2. The van der Waals surface area contributed by atoms with Crippen LogP contribution in [0.3, 0.4) is 0 Å². The van der Waals surface area contributed by atoms with Crippen LogP contribution in [0.1, 0.15) is 46.5 Å². The number of aryl methyl sites for hydroxylation is 1. The summed E-state index contributed by atoms with van der Waals surface area (Å²) in [6, 6.07) is 0.140. The number of methoxy groups -OCH3 is 1. The molecule has 2 bridgehead atoms. The zero-order valence-electron chi connectivity index (χ0n) is 14.8. The number of carbonyl (C=O) groups is 2. The van der Waals surface area contributed by atoms with Gasteiger partial charge in [-0.25, -0.2) is 0 Å². The fraction of sp³-hybridized carbons (Fsp3) is 0.684. The number of rotatable bonds is 4. The topological polar surface area (TPSA) is 49.9 Å². The molecule has 1 aromatic rings. The number of hydrogen-bond donors (Lipinski definition) is 0. The van der Waals surface area contributed by atoms with Gasteiger partial charge in [0.2, 0.25) is 5.91 Å². The maximum absolute atomic E-state index is 13.2. The molecule has 0 aromatic carbocycles. The molecule has 3 saturated heterocycles. The monoisotopic (exact) mass is 362 g/mol. The first kappa shape index (κ1) is 17.0. The summed E-state index contributed by atoms with van der Waals surface area (Å²) in [6.07, 6.45) is 6.44. The van der Waals surface area contributed by atoms with Crippen molar-refractivity contribution in [3.63, 3.8) is 0 Å². The van der Waals surface area contributed by atoms with Gasteiger partial charge < -0.3 is 14.5 Å². The van der Waals surface area contributed by atoms with Crippen LogP contribution < -0.4 is 0 Å². The molecule has 0 spiro atoms. The fourth-order valence-electron chi connectivity index (χ4n) is 4.53. The molecule has 25 heavy (non-hydrogen) atoms. The molecule has 1 aliphatic carbocycles. The highest BCUT2D eigenvalue weighted by atomic mass is 32.1. The van der Waals surface area contributed by atoms with Crippen LogP contribution in [-0.2, 0) is 22.4 Å². The third-order valence-electron chi connectivity index (χ3n) is 5.91. The van der Waals surface area contributed by atoms with Gasteiger partial charge in [0.15, 0.2) is 0 Å². The van der Waals surface area contributed by atoms with E-state index in [4.69, 9.17) is 4.74 Å². The van der Waals surface area contributed by atoms with Gasteiger partial charge in [-0.05, 0) is 55.0 Å². The van der Waals surface area contributed by atoms with Gasteiger partial charge in [-0.2, -0.15) is 0 Å². The predicted octanol–water partition coefficient (Wildman–Crippen LogP) is 2.34. The van der Waals surface area contributed by atoms with Crippen molar-refractivity contribution in [2.75, 3.05) is 33.4 Å². The number of hydrogen-bond acceptors (Lipinski definition) is 4. The van der Waals surface area contributed by atoms with Gasteiger partial charge in [-0.3, -0.25) is 9.59 Å². The van der Waals surface area contributed by atoms with Gasteiger partial charge in [0, 0.05) is 32.8 Å². The highest BCUT2D eigenvalue weighted by molar-refractivity contribution is 7.12. The maximum atomic E-state index is 13.2. The zero-order chi connectivity index (χ0) is 17.4. The van der Waals surface area contributed by atoms with Crippen molar-refractivity contribution in [2.24, 2.45) is 5.92 Å². The van der Waals surface area contributed by atoms with Crippen LogP contribution in [0, 0.1) is 5.92 Å². The molecule has 3 fully saturated rings. The summed E-state index contributed by atoms with van der Waals surface area (Å²) in [5.41, 5.74) is 2.65. The number of fused-ring (bicyclic) bond motifs is 5. The Labute approximate surface area is 152 Å². The van der Waals surface area contributed by atoms with E-state index in [0.717, 1.165) is 30.6 Å². The molecule has 0 saturated carbocycles. The van der Waals surface area contributed by atoms with Crippen LogP contribution in [0.5, 0.6) is 0 Å². The van der Waals surface area contributed by atoms with E-state index < -0.39 is 0 Å². The van der Waals surface area contributed by atoms with Crippen molar-refractivity contribution < 1.29 is 14.3 Å². The summed E-state index contributed by atoms with van der Waals surface area (Å²) in [5.74, 6) is 0.304. The van der Waals surface area contributed by atoms with Crippen LogP contribution >= 0.6 is 11.3 Å². The van der Waals surface area contributed by atoms with Gasteiger partial charge in [0.25, 0.3) is 5.91 Å². The molecule has 136 valence electrons. The predicted molar refractivity (Wildman–Crippen MR) is 97.0 cm³/mol. The van der Waals surface area contributed by atoms with Crippen molar-refractivity contribution in [1.29, 1.82) is 0 Å². The Balaban J connectivity index is 1.55. The summed E-state index contributed by atoms with van der Waals surface area (Å²) in [5, 5.41) is 2.17. The van der Waals surface area contributed by atoms with Crippen LogP contribution in [0.2, 0.25) is 0 Å². The van der Waals surface area contributed by atoms with E-state index in [0.29, 0.717) is 26.2 Å². The van der Waals surface area contributed by atoms with Gasteiger partial charge in [0.05, 0.1) is 17.4 Å². The second kappa shape index (κ2) is 7.08. The average Bonchev–Trinajstić information content (AvgIpc) is 2.87. The molecule has 6 heteroatoms. The van der Waals surface area contributed by atoms with E-state index in [1.165, 1.54) is 24.0 Å². The Kier molecular flexibility index (Phi) is 4.82. The molecule has 4 aliphatic rings. The molecular formula is C19H26N2O3S. The van der Waals surface area contributed by atoms with E-state index in [2.05, 4.69) is 5.38 Å². The third kappa shape index (κ3) is 3.10. The Morgan fingerprint density at radius 1 is 1.28 bits per heavy atom. The van der Waals surface area contributed by atoms with Gasteiger partial charge in [0.1, 0.15) is 0 Å². The Bertz CT molecular complexity index is 672. The summed E-state index contributed by atoms with van der Waals surface area (Å²) < 4.78 is 5.16. The maximum Gasteiger partial charge on any atom is 0.264 e. The third-order valence-corrected chi connectivity index (χ3v) is 6.97. The van der Waals surface area contributed by atoms with E-state index >= 15 is 0 Å². The largest absolute Gasteiger partial charge is 0.383 e. The molecule has 2 amide bonds. The second-order valence-electron chi connectivity index (χ2n) is 7.44. The van der Waals surface area contributed by atoms with Crippen LogP contribution in [0.4, 0.5) is 0 Å².